The summed E-state index contributed by atoms with van der Waals surface area (Å²) in [6.07, 6.45) is 0.163. The number of hydrogen-bond acceptors (Lipinski definition) is 7. The predicted octanol–water partition coefficient (Wildman–Crippen LogP) is -0.543. The van der Waals surface area contributed by atoms with Crippen molar-refractivity contribution in [2.45, 2.75) is 50.7 Å². The quantitative estimate of drug-likeness (QED) is 0.499. The molecule has 1 fully saturated rings. The lowest BCUT2D eigenvalue weighted by Gasteiger charge is -2.17. The molecule has 8 nitrogen and oxygen atoms in total. The Morgan fingerprint density at radius 2 is 2.14 bits per heavy atom. The van der Waals surface area contributed by atoms with Crippen molar-refractivity contribution < 1.29 is 20.1 Å². The van der Waals surface area contributed by atoms with Gasteiger partial charge in [-0.15, -0.1) is 0 Å². The molecule has 0 aromatic carbocycles. The van der Waals surface area contributed by atoms with Crippen LogP contribution in [0.25, 0.3) is 0 Å². The van der Waals surface area contributed by atoms with Crippen molar-refractivity contribution in [2.75, 3.05) is 18.5 Å². The van der Waals surface area contributed by atoms with Gasteiger partial charge in [0.1, 0.15) is 24.1 Å². The summed E-state index contributed by atoms with van der Waals surface area (Å²) in [6, 6.07) is 1.61. The number of rotatable bonds is 7. The number of nitrogens with one attached hydrogen (secondary N) is 1. The van der Waals surface area contributed by atoms with Crippen molar-refractivity contribution in [3.63, 3.8) is 0 Å². The van der Waals surface area contributed by atoms with Gasteiger partial charge in [-0.25, -0.2) is 4.79 Å². The number of hydrogen-bond donors (Lipinski definition) is 4. The fourth-order valence-corrected chi connectivity index (χ4v) is 2.41. The van der Waals surface area contributed by atoms with Crippen LogP contribution in [0, 0.1) is 0 Å². The van der Waals surface area contributed by atoms with Crippen molar-refractivity contribution >= 4 is 5.82 Å². The molecule has 1 aromatic heterocycles. The van der Waals surface area contributed by atoms with Crippen molar-refractivity contribution in [3.05, 3.63) is 22.7 Å². The third-order valence-electron chi connectivity index (χ3n) is 3.71. The number of aliphatic hydroxyl groups excluding tert-OH is 3. The fourth-order valence-electron chi connectivity index (χ4n) is 2.41. The molecular weight excluding hydrogens is 290 g/mol. The summed E-state index contributed by atoms with van der Waals surface area (Å²) in [5.41, 5.74) is -0.588. The lowest BCUT2D eigenvalue weighted by atomic mass is 10.1. The molecule has 0 spiro atoms. The van der Waals surface area contributed by atoms with Crippen LogP contribution in [0.5, 0.6) is 0 Å². The first kappa shape index (κ1) is 16.9. The Labute approximate surface area is 128 Å². The highest BCUT2D eigenvalue weighted by Crippen LogP contribution is 2.28. The highest BCUT2D eigenvalue weighted by Gasteiger charge is 2.43. The molecule has 0 radical (unpaired) electrons. The van der Waals surface area contributed by atoms with Gasteiger partial charge in [0.05, 0.1) is 6.61 Å². The molecule has 8 heteroatoms. The van der Waals surface area contributed by atoms with E-state index in [1.165, 1.54) is 6.20 Å². The number of aromatic nitrogens is 2. The van der Waals surface area contributed by atoms with Crippen LogP contribution in [0.4, 0.5) is 5.82 Å². The first-order valence-corrected chi connectivity index (χ1v) is 7.54. The Morgan fingerprint density at radius 3 is 2.73 bits per heavy atom. The van der Waals surface area contributed by atoms with Crippen LogP contribution >= 0.6 is 0 Å². The van der Waals surface area contributed by atoms with Gasteiger partial charge in [0.25, 0.3) is 0 Å². The second kappa shape index (κ2) is 7.68. The highest BCUT2D eigenvalue weighted by molar-refractivity contribution is 5.31. The van der Waals surface area contributed by atoms with Gasteiger partial charge in [-0.3, -0.25) is 4.57 Å². The van der Waals surface area contributed by atoms with E-state index in [0.29, 0.717) is 5.82 Å². The molecule has 0 aliphatic carbocycles. The van der Waals surface area contributed by atoms with E-state index in [0.717, 1.165) is 30.4 Å². The highest BCUT2D eigenvalue weighted by atomic mass is 16.6. The van der Waals surface area contributed by atoms with Gasteiger partial charge in [0.15, 0.2) is 6.23 Å². The lowest BCUT2D eigenvalue weighted by molar-refractivity contribution is -0.0549. The molecule has 4 atom stereocenters. The Balaban J connectivity index is 2.05. The van der Waals surface area contributed by atoms with Crippen LogP contribution in [-0.4, -0.2) is 56.3 Å². The second-order valence-corrected chi connectivity index (χ2v) is 5.37. The van der Waals surface area contributed by atoms with Crippen molar-refractivity contribution in [2.24, 2.45) is 0 Å². The Morgan fingerprint density at radius 1 is 1.36 bits per heavy atom. The van der Waals surface area contributed by atoms with E-state index in [9.17, 15) is 15.0 Å². The normalized spacial score (nSPS) is 28.0. The minimum atomic E-state index is -1.29. The molecule has 22 heavy (non-hydrogen) atoms. The summed E-state index contributed by atoms with van der Waals surface area (Å²) in [5, 5.41) is 31.8. The van der Waals surface area contributed by atoms with Gasteiger partial charge in [-0.2, -0.15) is 4.98 Å². The molecule has 2 heterocycles. The van der Waals surface area contributed by atoms with Crippen LogP contribution < -0.4 is 11.0 Å². The van der Waals surface area contributed by atoms with Crippen LogP contribution in [0.1, 0.15) is 32.4 Å². The van der Waals surface area contributed by atoms with E-state index in [-0.39, 0.29) is 0 Å². The maximum atomic E-state index is 12.0. The number of unbranched alkanes of at least 4 members (excludes halogenated alkanes) is 2. The Hall–Kier alpha value is -1.48. The standard InChI is InChI=1S/C14H23N3O5/c1-2-3-4-6-15-10-5-7-17(14(21)16-10)13-12(20)11(19)9(8-18)22-13/h5,7,9,11-13,18-20H,2-4,6,8H2,1H3,(H,15,16,21)/t9-,11?,12?,13-/m1/s1. The van der Waals surface area contributed by atoms with Gasteiger partial charge in [0.2, 0.25) is 0 Å². The van der Waals surface area contributed by atoms with Crippen molar-refractivity contribution in [3.8, 4) is 0 Å². The number of aliphatic hydroxyl groups is 3. The van der Waals surface area contributed by atoms with E-state index in [4.69, 9.17) is 9.84 Å². The molecule has 0 bridgehead atoms. The summed E-state index contributed by atoms with van der Waals surface area (Å²) < 4.78 is 6.42. The van der Waals surface area contributed by atoms with Crippen molar-refractivity contribution in [1.29, 1.82) is 0 Å². The van der Waals surface area contributed by atoms with E-state index in [1.54, 1.807) is 6.07 Å². The average molecular weight is 313 g/mol. The molecule has 1 aliphatic heterocycles. The van der Waals surface area contributed by atoms with Gasteiger partial charge >= 0.3 is 5.69 Å². The van der Waals surface area contributed by atoms with Gasteiger partial charge < -0.3 is 25.4 Å². The Bertz CT molecular complexity index is 535. The summed E-state index contributed by atoms with van der Waals surface area (Å²) >= 11 is 0. The zero-order valence-electron chi connectivity index (χ0n) is 12.6. The van der Waals surface area contributed by atoms with E-state index >= 15 is 0 Å². The van der Waals surface area contributed by atoms with E-state index in [2.05, 4.69) is 17.2 Å². The van der Waals surface area contributed by atoms with Crippen molar-refractivity contribution in [1.82, 2.24) is 9.55 Å². The van der Waals surface area contributed by atoms with Gasteiger partial charge in [0, 0.05) is 12.7 Å². The van der Waals surface area contributed by atoms with E-state index < -0.39 is 36.8 Å². The molecule has 2 rings (SSSR count). The molecule has 4 N–H and O–H groups in total. The minimum Gasteiger partial charge on any atom is -0.394 e. The minimum absolute atomic E-state index is 0.437. The molecule has 124 valence electrons. The summed E-state index contributed by atoms with van der Waals surface area (Å²) in [7, 11) is 0. The SMILES string of the molecule is CCCCCNc1ccn([C@@H]2O[C@H](CO)C(O)C2O)c(=O)n1. The van der Waals surface area contributed by atoms with Crippen LogP contribution in [0.3, 0.4) is 0 Å². The molecule has 1 saturated heterocycles. The average Bonchev–Trinajstić information content (AvgIpc) is 2.80. The maximum absolute atomic E-state index is 12.0. The number of nitrogens with zero attached hydrogens (tertiary/aromatic N) is 2. The third kappa shape index (κ3) is 3.64. The molecule has 0 saturated carbocycles. The van der Waals surface area contributed by atoms with Gasteiger partial charge in [-0.1, -0.05) is 19.8 Å². The third-order valence-corrected chi connectivity index (χ3v) is 3.71. The summed E-state index contributed by atoms with van der Waals surface area (Å²) in [4.78, 5) is 15.9. The fraction of sp³-hybridized carbons (Fsp3) is 0.714. The van der Waals surface area contributed by atoms with Crippen LogP contribution in [-0.2, 0) is 4.74 Å². The predicted molar refractivity (Wildman–Crippen MR) is 79.5 cm³/mol. The Kier molecular flexibility index (Phi) is 5.90. The molecule has 1 aromatic rings. The van der Waals surface area contributed by atoms with Crippen LogP contribution in [0.2, 0.25) is 0 Å². The van der Waals surface area contributed by atoms with Crippen LogP contribution in [0.15, 0.2) is 17.1 Å². The topological polar surface area (TPSA) is 117 Å². The van der Waals surface area contributed by atoms with E-state index in [1.807, 2.05) is 0 Å². The zero-order chi connectivity index (χ0) is 16.1. The zero-order valence-corrected chi connectivity index (χ0v) is 12.6. The molecule has 0 amide bonds. The monoisotopic (exact) mass is 313 g/mol. The molecule has 1 aliphatic rings. The number of ether oxygens (including phenoxy) is 1. The first-order chi connectivity index (χ1) is 10.6. The molecular formula is C14H23N3O5. The maximum Gasteiger partial charge on any atom is 0.351 e. The first-order valence-electron chi connectivity index (χ1n) is 7.54. The lowest BCUT2D eigenvalue weighted by Crippen LogP contribution is -2.36. The smallest absolute Gasteiger partial charge is 0.351 e. The summed E-state index contributed by atoms with van der Waals surface area (Å²) in [6.45, 7) is 2.41. The summed E-state index contributed by atoms with van der Waals surface area (Å²) in [5.74, 6) is 0.462. The second-order valence-electron chi connectivity index (χ2n) is 5.37. The van der Waals surface area contributed by atoms with Gasteiger partial charge in [-0.05, 0) is 12.5 Å². The molecule has 2 unspecified atom stereocenters. The largest absolute Gasteiger partial charge is 0.394 e. The number of anilines is 1.